The molecule has 0 fully saturated rings. The maximum absolute atomic E-state index is 9.57. The number of hydrogen-bond donors (Lipinski definition) is 3. The average Bonchev–Trinajstić information content (AvgIpc) is 2.01. The van der Waals surface area contributed by atoms with E-state index in [1.165, 1.54) is 6.07 Å². The molecule has 1 rings (SSSR count). The summed E-state index contributed by atoms with van der Waals surface area (Å²) in [5, 5.41) is 22.0. The van der Waals surface area contributed by atoms with Gasteiger partial charge in [0.05, 0.1) is 0 Å². The summed E-state index contributed by atoms with van der Waals surface area (Å²) in [7, 11) is 0. The van der Waals surface area contributed by atoms with Gasteiger partial charge >= 0.3 is 0 Å². The van der Waals surface area contributed by atoms with E-state index in [1.807, 2.05) is 20.8 Å². The molecule has 14 heavy (non-hydrogen) atoms. The van der Waals surface area contributed by atoms with E-state index in [0.29, 0.717) is 6.04 Å². The predicted molar refractivity (Wildman–Crippen MR) is 56.5 cm³/mol. The number of aromatic hydroxyl groups is 2. The monoisotopic (exact) mass is 195 g/mol. The van der Waals surface area contributed by atoms with Crippen molar-refractivity contribution in [3.63, 3.8) is 0 Å². The minimum Gasteiger partial charge on any atom is -0.508 e. The summed E-state index contributed by atoms with van der Waals surface area (Å²) in [6, 6.07) is 5.10. The molecular formula is C11H17NO2. The molecule has 0 aromatic heterocycles. The minimum absolute atomic E-state index is 0.0793. The maximum Gasteiger partial charge on any atom is 0.124 e. The molecule has 0 radical (unpaired) electrons. The second-order valence-electron chi connectivity index (χ2n) is 3.79. The van der Waals surface area contributed by atoms with Gasteiger partial charge in [-0.2, -0.15) is 0 Å². The standard InChI is InChI=1S/C11H17NO2/c1-7(2)12-8(3)10-5-4-9(13)6-11(10)14/h4-8,12-14H,1-3H3. The number of benzene rings is 1. The van der Waals surface area contributed by atoms with Crippen LogP contribution in [0.3, 0.4) is 0 Å². The lowest BCUT2D eigenvalue weighted by Gasteiger charge is -2.18. The van der Waals surface area contributed by atoms with Crippen LogP contribution < -0.4 is 5.32 Å². The van der Waals surface area contributed by atoms with Crippen LogP contribution in [0.5, 0.6) is 11.5 Å². The molecule has 0 aliphatic heterocycles. The highest BCUT2D eigenvalue weighted by molar-refractivity contribution is 5.40. The first kappa shape index (κ1) is 10.9. The number of phenolic OH excluding ortho intramolecular Hbond substituents is 2. The summed E-state index contributed by atoms with van der Waals surface area (Å²) in [5.41, 5.74) is 0.802. The second-order valence-corrected chi connectivity index (χ2v) is 3.79. The lowest BCUT2D eigenvalue weighted by Crippen LogP contribution is -2.26. The molecule has 3 N–H and O–H groups in total. The van der Waals surface area contributed by atoms with Gasteiger partial charge in [-0.25, -0.2) is 0 Å². The van der Waals surface area contributed by atoms with Crippen LogP contribution >= 0.6 is 0 Å². The smallest absolute Gasteiger partial charge is 0.124 e. The second kappa shape index (κ2) is 4.33. The van der Waals surface area contributed by atoms with Crippen molar-refractivity contribution in [3.8, 4) is 11.5 Å². The van der Waals surface area contributed by atoms with E-state index in [4.69, 9.17) is 5.11 Å². The summed E-state index contributed by atoms with van der Waals surface area (Å²) in [5.74, 6) is 0.216. The van der Waals surface area contributed by atoms with E-state index < -0.39 is 0 Å². The van der Waals surface area contributed by atoms with Crippen LogP contribution in [0.2, 0.25) is 0 Å². The first-order valence-corrected chi connectivity index (χ1v) is 4.78. The minimum atomic E-state index is 0.0793. The summed E-state index contributed by atoms with van der Waals surface area (Å²) in [6.07, 6.45) is 0. The van der Waals surface area contributed by atoms with Crippen LogP contribution in [0.25, 0.3) is 0 Å². The molecule has 0 saturated heterocycles. The van der Waals surface area contributed by atoms with Crippen LogP contribution in [-0.2, 0) is 0 Å². The topological polar surface area (TPSA) is 52.5 Å². The molecule has 1 atom stereocenters. The third kappa shape index (κ3) is 2.64. The molecule has 0 heterocycles. The quantitative estimate of drug-likeness (QED) is 0.692. The van der Waals surface area contributed by atoms with Crippen molar-refractivity contribution < 1.29 is 10.2 Å². The molecule has 0 aliphatic rings. The fourth-order valence-corrected chi connectivity index (χ4v) is 1.49. The van der Waals surface area contributed by atoms with Crippen LogP contribution in [0.1, 0.15) is 32.4 Å². The van der Waals surface area contributed by atoms with Gasteiger partial charge < -0.3 is 15.5 Å². The van der Waals surface area contributed by atoms with Gasteiger partial charge in [0, 0.05) is 23.7 Å². The van der Waals surface area contributed by atoms with Gasteiger partial charge in [0.2, 0.25) is 0 Å². The maximum atomic E-state index is 9.57. The van der Waals surface area contributed by atoms with E-state index >= 15 is 0 Å². The van der Waals surface area contributed by atoms with Crippen LogP contribution in [0.15, 0.2) is 18.2 Å². The predicted octanol–water partition coefficient (Wildman–Crippen LogP) is 2.16. The lowest BCUT2D eigenvalue weighted by molar-refractivity contribution is 0.429. The van der Waals surface area contributed by atoms with Gasteiger partial charge in [-0.05, 0) is 13.0 Å². The van der Waals surface area contributed by atoms with E-state index in [1.54, 1.807) is 12.1 Å². The highest BCUT2D eigenvalue weighted by Crippen LogP contribution is 2.27. The number of nitrogens with one attached hydrogen (secondary N) is 1. The van der Waals surface area contributed by atoms with Gasteiger partial charge in [-0.3, -0.25) is 0 Å². The normalized spacial score (nSPS) is 13.1. The fourth-order valence-electron chi connectivity index (χ4n) is 1.49. The van der Waals surface area contributed by atoms with Crippen molar-refractivity contribution in [2.24, 2.45) is 0 Å². The molecule has 1 aromatic carbocycles. The van der Waals surface area contributed by atoms with Crippen molar-refractivity contribution in [3.05, 3.63) is 23.8 Å². The first-order chi connectivity index (χ1) is 6.50. The first-order valence-electron chi connectivity index (χ1n) is 4.78. The molecule has 3 nitrogen and oxygen atoms in total. The largest absolute Gasteiger partial charge is 0.508 e. The molecule has 1 unspecified atom stereocenters. The van der Waals surface area contributed by atoms with Crippen molar-refractivity contribution in [1.29, 1.82) is 0 Å². The Bertz CT molecular complexity index is 310. The Labute approximate surface area is 84.4 Å². The zero-order valence-corrected chi connectivity index (χ0v) is 8.78. The lowest BCUT2D eigenvalue weighted by atomic mass is 10.1. The molecule has 0 bridgehead atoms. The molecule has 1 aromatic rings. The Morgan fingerprint density at radius 3 is 2.29 bits per heavy atom. The van der Waals surface area contributed by atoms with Gasteiger partial charge in [-0.1, -0.05) is 19.9 Å². The van der Waals surface area contributed by atoms with Crippen LogP contribution in [0, 0.1) is 0 Å². The van der Waals surface area contributed by atoms with E-state index in [2.05, 4.69) is 5.32 Å². The molecular weight excluding hydrogens is 178 g/mol. The van der Waals surface area contributed by atoms with Crippen molar-refractivity contribution in [2.45, 2.75) is 32.9 Å². The molecule has 0 spiro atoms. The van der Waals surface area contributed by atoms with E-state index in [9.17, 15) is 5.11 Å². The number of hydrogen-bond acceptors (Lipinski definition) is 3. The molecule has 0 amide bonds. The zero-order chi connectivity index (χ0) is 10.7. The summed E-state index contributed by atoms with van der Waals surface area (Å²) in [6.45, 7) is 6.08. The van der Waals surface area contributed by atoms with Gasteiger partial charge in [0.15, 0.2) is 0 Å². The fraction of sp³-hybridized carbons (Fsp3) is 0.455. The Hall–Kier alpha value is -1.22. The van der Waals surface area contributed by atoms with Gasteiger partial charge in [-0.15, -0.1) is 0 Å². The highest BCUT2D eigenvalue weighted by Gasteiger charge is 2.11. The summed E-state index contributed by atoms with van der Waals surface area (Å²) in [4.78, 5) is 0. The third-order valence-corrected chi connectivity index (χ3v) is 2.06. The Kier molecular flexibility index (Phi) is 3.36. The van der Waals surface area contributed by atoms with Crippen molar-refractivity contribution in [1.82, 2.24) is 5.32 Å². The van der Waals surface area contributed by atoms with Gasteiger partial charge in [0.1, 0.15) is 11.5 Å². The third-order valence-electron chi connectivity index (χ3n) is 2.06. The van der Waals surface area contributed by atoms with E-state index in [0.717, 1.165) is 5.56 Å². The van der Waals surface area contributed by atoms with E-state index in [-0.39, 0.29) is 17.5 Å². The number of phenols is 2. The van der Waals surface area contributed by atoms with Crippen molar-refractivity contribution >= 4 is 0 Å². The highest BCUT2D eigenvalue weighted by atomic mass is 16.3. The molecule has 0 aliphatic carbocycles. The molecule has 0 saturated carbocycles. The summed E-state index contributed by atoms with van der Waals surface area (Å²) < 4.78 is 0. The van der Waals surface area contributed by atoms with Crippen LogP contribution in [0.4, 0.5) is 0 Å². The van der Waals surface area contributed by atoms with Crippen LogP contribution in [-0.4, -0.2) is 16.3 Å². The zero-order valence-electron chi connectivity index (χ0n) is 8.78. The Morgan fingerprint density at radius 2 is 1.79 bits per heavy atom. The van der Waals surface area contributed by atoms with Crippen molar-refractivity contribution in [2.75, 3.05) is 0 Å². The molecule has 3 heteroatoms. The number of rotatable bonds is 3. The molecule has 78 valence electrons. The SMILES string of the molecule is CC(C)NC(C)c1ccc(O)cc1O. The Balaban J connectivity index is 2.84. The average molecular weight is 195 g/mol. The van der Waals surface area contributed by atoms with Gasteiger partial charge in [0.25, 0.3) is 0 Å². The Morgan fingerprint density at radius 1 is 1.14 bits per heavy atom. The summed E-state index contributed by atoms with van der Waals surface area (Å²) >= 11 is 0.